The van der Waals surface area contributed by atoms with Gasteiger partial charge in [0.15, 0.2) is 17.3 Å². The van der Waals surface area contributed by atoms with E-state index in [1.54, 1.807) is 77.1 Å². The van der Waals surface area contributed by atoms with Crippen LogP contribution in [0, 0.1) is 11.6 Å². The first-order valence-corrected chi connectivity index (χ1v) is 13.2. The minimum atomic E-state index is -1.17. The molecule has 0 aliphatic carbocycles. The highest BCUT2D eigenvalue weighted by atomic mass is 19.1. The van der Waals surface area contributed by atoms with E-state index in [2.05, 4.69) is 10.3 Å². The van der Waals surface area contributed by atoms with Crippen LogP contribution in [0.25, 0.3) is 10.8 Å². The Morgan fingerprint density at radius 3 is 2.39 bits per heavy atom. The van der Waals surface area contributed by atoms with Crippen LogP contribution in [0.3, 0.4) is 0 Å². The molecule has 1 N–H and O–H groups in total. The van der Waals surface area contributed by atoms with E-state index in [0.29, 0.717) is 23.3 Å². The number of rotatable bonds is 9. The van der Waals surface area contributed by atoms with Crippen LogP contribution in [0.1, 0.15) is 67.7 Å². The Kier molecular flexibility index (Phi) is 8.86. The van der Waals surface area contributed by atoms with Crippen LogP contribution < -0.4 is 14.8 Å². The number of alkyl carbamates (subject to hydrolysis) is 1. The summed E-state index contributed by atoms with van der Waals surface area (Å²) < 4.78 is 48.6. The monoisotopic (exact) mass is 562 g/mol. The van der Waals surface area contributed by atoms with Crippen LogP contribution in [0.15, 0.2) is 66.9 Å². The van der Waals surface area contributed by atoms with Crippen molar-refractivity contribution in [2.45, 2.75) is 52.9 Å². The normalized spacial score (nSPS) is 12.1. The van der Waals surface area contributed by atoms with Gasteiger partial charge in [-0.1, -0.05) is 42.5 Å². The SMILES string of the molecule is CCOc1nccc2c(C(=O)c3c(F)cc(C(C)NC(=O)OC(C)(C)C)c(OCc4ccccc4)c3F)cccc12. The van der Waals surface area contributed by atoms with Crippen molar-refractivity contribution in [2.24, 2.45) is 0 Å². The fraction of sp³-hybridized carbons (Fsp3) is 0.281. The van der Waals surface area contributed by atoms with Crippen molar-refractivity contribution >= 4 is 22.6 Å². The highest BCUT2D eigenvalue weighted by molar-refractivity contribution is 6.17. The van der Waals surface area contributed by atoms with Gasteiger partial charge >= 0.3 is 6.09 Å². The molecular weight excluding hydrogens is 530 g/mol. The Morgan fingerprint density at radius 1 is 0.976 bits per heavy atom. The molecule has 0 aliphatic rings. The van der Waals surface area contributed by atoms with Crippen molar-refractivity contribution in [3.63, 3.8) is 0 Å². The van der Waals surface area contributed by atoms with Gasteiger partial charge in [-0.3, -0.25) is 4.79 Å². The van der Waals surface area contributed by atoms with Crippen LogP contribution in [-0.2, 0) is 11.3 Å². The Labute approximate surface area is 237 Å². The predicted octanol–water partition coefficient (Wildman–Crippen LogP) is 7.31. The summed E-state index contributed by atoms with van der Waals surface area (Å²) in [7, 11) is 0. The predicted molar refractivity (Wildman–Crippen MR) is 151 cm³/mol. The van der Waals surface area contributed by atoms with Gasteiger partial charge in [0, 0.05) is 22.7 Å². The van der Waals surface area contributed by atoms with Crippen LogP contribution in [0.2, 0.25) is 0 Å². The second kappa shape index (κ2) is 12.3. The molecule has 1 aromatic heterocycles. The lowest BCUT2D eigenvalue weighted by atomic mass is 9.94. The number of ether oxygens (including phenoxy) is 3. The summed E-state index contributed by atoms with van der Waals surface area (Å²) in [6.07, 6.45) is 0.702. The zero-order valence-electron chi connectivity index (χ0n) is 23.6. The molecule has 7 nitrogen and oxygen atoms in total. The smallest absolute Gasteiger partial charge is 0.408 e. The molecule has 41 heavy (non-hydrogen) atoms. The molecule has 0 spiro atoms. The van der Waals surface area contributed by atoms with Gasteiger partial charge in [-0.25, -0.2) is 18.6 Å². The third kappa shape index (κ3) is 6.80. The summed E-state index contributed by atoms with van der Waals surface area (Å²) in [4.78, 5) is 30.4. The van der Waals surface area contributed by atoms with Gasteiger partial charge in [0.2, 0.25) is 5.88 Å². The molecule has 4 aromatic rings. The molecule has 0 radical (unpaired) electrons. The molecule has 214 valence electrons. The number of nitrogens with one attached hydrogen (secondary N) is 1. The third-order valence-corrected chi connectivity index (χ3v) is 6.15. The Morgan fingerprint density at radius 2 is 1.71 bits per heavy atom. The van der Waals surface area contributed by atoms with Gasteiger partial charge < -0.3 is 19.5 Å². The number of halogens is 2. The Balaban J connectivity index is 1.79. The van der Waals surface area contributed by atoms with Crippen LogP contribution >= 0.6 is 0 Å². The largest absolute Gasteiger partial charge is 0.485 e. The van der Waals surface area contributed by atoms with Gasteiger partial charge in [0.25, 0.3) is 0 Å². The van der Waals surface area contributed by atoms with Crippen LogP contribution in [-0.4, -0.2) is 29.1 Å². The quantitative estimate of drug-likeness (QED) is 0.215. The second-order valence-electron chi connectivity index (χ2n) is 10.4. The molecule has 0 aliphatic heterocycles. The molecule has 1 amide bonds. The average Bonchev–Trinajstić information content (AvgIpc) is 2.91. The number of amides is 1. The standard InChI is InChI=1S/C32H32F2N2O5/c1-6-39-30-23-14-10-13-22(21(23)15-16-35-30)28(37)26-25(33)17-24(19(2)36-31(38)41-32(3,4)5)29(27(26)34)40-18-20-11-8-7-9-12-20/h7-17,19H,6,18H2,1-5H3,(H,36,38). The lowest BCUT2D eigenvalue weighted by Crippen LogP contribution is -2.34. The number of aromatic nitrogens is 1. The summed E-state index contributed by atoms with van der Waals surface area (Å²) in [5.41, 5.74) is -0.736. The lowest BCUT2D eigenvalue weighted by Gasteiger charge is -2.24. The Bertz CT molecular complexity index is 1570. The van der Waals surface area contributed by atoms with Crippen molar-refractivity contribution in [3.8, 4) is 11.6 Å². The van der Waals surface area contributed by atoms with Crippen molar-refractivity contribution in [1.82, 2.24) is 10.3 Å². The fourth-order valence-corrected chi connectivity index (χ4v) is 4.35. The van der Waals surface area contributed by atoms with Gasteiger partial charge in [-0.15, -0.1) is 0 Å². The molecule has 0 saturated heterocycles. The molecule has 0 saturated carbocycles. The van der Waals surface area contributed by atoms with E-state index < -0.39 is 40.7 Å². The van der Waals surface area contributed by atoms with E-state index in [1.165, 1.54) is 12.3 Å². The maximum atomic E-state index is 16.2. The molecule has 1 unspecified atom stereocenters. The molecular formula is C32H32F2N2O5. The highest BCUT2D eigenvalue weighted by Gasteiger charge is 2.30. The fourth-order valence-electron chi connectivity index (χ4n) is 4.35. The zero-order chi connectivity index (χ0) is 29.7. The van der Waals surface area contributed by atoms with Crippen molar-refractivity contribution in [1.29, 1.82) is 0 Å². The molecule has 9 heteroatoms. The second-order valence-corrected chi connectivity index (χ2v) is 10.4. The van der Waals surface area contributed by atoms with Gasteiger partial charge in [-0.2, -0.15) is 0 Å². The number of fused-ring (bicyclic) bond motifs is 1. The average molecular weight is 563 g/mol. The van der Waals surface area contributed by atoms with Gasteiger partial charge in [0.05, 0.1) is 18.2 Å². The van der Waals surface area contributed by atoms with E-state index in [0.717, 1.165) is 11.6 Å². The topological polar surface area (TPSA) is 86.8 Å². The summed E-state index contributed by atoms with van der Waals surface area (Å²) in [6, 6.07) is 15.5. The number of nitrogens with zero attached hydrogens (tertiary/aromatic N) is 1. The van der Waals surface area contributed by atoms with Gasteiger partial charge in [0.1, 0.15) is 18.0 Å². The zero-order valence-corrected chi connectivity index (χ0v) is 23.6. The van der Waals surface area contributed by atoms with E-state index in [9.17, 15) is 9.59 Å². The maximum Gasteiger partial charge on any atom is 0.408 e. The van der Waals surface area contributed by atoms with E-state index in [-0.39, 0.29) is 23.5 Å². The van der Waals surface area contributed by atoms with Gasteiger partial charge in [-0.05, 0) is 63.8 Å². The molecule has 4 rings (SSSR count). The first-order valence-electron chi connectivity index (χ1n) is 13.2. The lowest BCUT2D eigenvalue weighted by molar-refractivity contribution is 0.0506. The third-order valence-electron chi connectivity index (χ3n) is 6.15. The van der Waals surface area contributed by atoms with Crippen molar-refractivity contribution in [3.05, 3.63) is 101 Å². The summed E-state index contributed by atoms with van der Waals surface area (Å²) >= 11 is 0. The Hall–Kier alpha value is -4.53. The molecule has 0 bridgehead atoms. The number of benzene rings is 3. The molecule has 0 fully saturated rings. The number of hydrogen-bond acceptors (Lipinski definition) is 6. The van der Waals surface area contributed by atoms with E-state index in [4.69, 9.17) is 14.2 Å². The minimum Gasteiger partial charge on any atom is -0.485 e. The number of pyridine rings is 1. The maximum absolute atomic E-state index is 16.2. The first-order chi connectivity index (χ1) is 19.5. The molecule has 1 heterocycles. The summed E-state index contributed by atoms with van der Waals surface area (Å²) in [6.45, 7) is 8.75. The van der Waals surface area contributed by atoms with Crippen LogP contribution in [0.5, 0.6) is 11.6 Å². The highest BCUT2D eigenvalue weighted by Crippen LogP contribution is 2.36. The van der Waals surface area contributed by atoms with E-state index >= 15 is 8.78 Å². The number of carbonyl (C=O) groups is 2. The minimum absolute atomic E-state index is 0.0130. The first kappa shape index (κ1) is 29.5. The van der Waals surface area contributed by atoms with Crippen molar-refractivity contribution in [2.75, 3.05) is 6.61 Å². The summed E-state index contributed by atoms with van der Waals surface area (Å²) in [5.74, 6) is -3.18. The number of ketones is 1. The van der Waals surface area contributed by atoms with Crippen LogP contribution in [0.4, 0.5) is 13.6 Å². The summed E-state index contributed by atoms with van der Waals surface area (Å²) in [5, 5.41) is 3.56. The number of carbonyl (C=O) groups excluding carboxylic acids is 2. The molecule has 3 aromatic carbocycles. The molecule has 1 atom stereocenters. The number of hydrogen-bond donors (Lipinski definition) is 1. The van der Waals surface area contributed by atoms with E-state index in [1.807, 2.05) is 6.07 Å². The van der Waals surface area contributed by atoms with Crippen molar-refractivity contribution < 1.29 is 32.6 Å².